The van der Waals surface area contributed by atoms with Crippen molar-refractivity contribution in [2.75, 3.05) is 25.0 Å². The van der Waals surface area contributed by atoms with E-state index in [1.54, 1.807) is 23.2 Å². The van der Waals surface area contributed by atoms with E-state index in [-0.39, 0.29) is 18.6 Å². The Morgan fingerprint density at radius 1 is 1.00 bits per heavy atom. The zero-order chi connectivity index (χ0) is 24.5. The zero-order valence-corrected chi connectivity index (χ0v) is 20.2. The van der Waals surface area contributed by atoms with E-state index in [2.05, 4.69) is 15.6 Å². The molecule has 1 fully saturated rings. The third kappa shape index (κ3) is 7.45. The van der Waals surface area contributed by atoms with Gasteiger partial charge in [0.05, 0.1) is 0 Å². The lowest BCUT2D eigenvalue weighted by Crippen LogP contribution is -2.41. The summed E-state index contributed by atoms with van der Waals surface area (Å²) in [6.45, 7) is 2.66. The number of carbonyl (C=O) groups excluding carboxylic acids is 2. The van der Waals surface area contributed by atoms with Gasteiger partial charge in [-0.15, -0.1) is 0 Å². The molecule has 4 rings (SSSR count). The number of hydrogen-bond acceptors (Lipinski definition) is 5. The van der Waals surface area contributed by atoms with E-state index in [1.807, 2.05) is 54.6 Å². The van der Waals surface area contributed by atoms with E-state index in [9.17, 15) is 9.59 Å². The summed E-state index contributed by atoms with van der Waals surface area (Å²) in [5, 5.41) is 6.93. The minimum atomic E-state index is -0.286. The van der Waals surface area contributed by atoms with E-state index in [4.69, 9.17) is 16.3 Å². The fraction of sp³-hybridized carbons (Fsp3) is 0.296. The van der Waals surface area contributed by atoms with Crippen molar-refractivity contribution in [3.63, 3.8) is 0 Å². The first-order valence-electron chi connectivity index (χ1n) is 11.7. The van der Waals surface area contributed by atoms with Crippen molar-refractivity contribution in [2.24, 2.45) is 5.92 Å². The second kappa shape index (κ2) is 12.2. The fourth-order valence-electron chi connectivity index (χ4n) is 3.98. The van der Waals surface area contributed by atoms with Gasteiger partial charge in [-0.05, 0) is 54.2 Å². The first kappa shape index (κ1) is 24.5. The molecular formula is C27H29ClN4O3. The second-order valence-electron chi connectivity index (χ2n) is 8.59. The molecule has 2 N–H and O–H groups in total. The van der Waals surface area contributed by atoms with Crippen molar-refractivity contribution in [1.29, 1.82) is 0 Å². The highest BCUT2D eigenvalue weighted by Crippen LogP contribution is 2.18. The van der Waals surface area contributed by atoms with E-state index >= 15 is 0 Å². The largest absolute Gasteiger partial charge is 0.445 e. The standard InChI is InChI=1S/C27H29ClN4O3/c28-24-8-4-7-22(15-24)18-30-25-16-23(9-12-29-25)26(33)31-17-20-10-13-32(14-11-20)27(34)35-19-21-5-2-1-3-6-21/h1-9,12,15-16,20H,10-11,13-14,17-19H2,(H,29,30)(H,31,33). The number of pyridine rings is 1. The van der Waals surface area contributed by atoms with Crippen LogP contribution >= 0.6 is 11.6 Å². The molecule has 0 saturated carbocycles. The lowest BCUT2D eigenvalue weighted by molar-refractivity contribution is 0.0801. The van der Waals surface area contributed by atoms with Gasteiger partial charge >= 0.3 is 6.09 Å². The van der Waals surface area contributed by atoms with Crippen molar-refractivity contribution in [3.8, 4) is 0 Å². The van der Waals surface area contributed by atoms with Gasteiger partial charge in [0, 0.05) is 43.0 Å². The quantitative estimate of drug-likeness (QED) is 0.455. The zero-order valence-electron chi connectivity index (χ0n) is 19.5. The molecule has 7 nitrogen and oxygen atoms in total. The normalized spacial score (nSPS) is 13.8. The van der Waals surface area contributed by atoms with Gasteiger partial charge in [-0.25, -0.2) is 9.78 Å². The first-order valence-corrected chi connectivity index (χ1v) is 12.1. The molecular weight excluding hydrogens is 464 g/mol. The van der Waals surface area contributed by atoms with Gasteiger partial charge in [-0.1, -0.05) is 54.1 Å². The molecule has 2 aromatic carbocycles. The Bertz CT molecular complexity index is 1130. The first-order chi connectivity index (χ1) is 17.1. The summed E-state index contributed by atoms with van der Waals surface area (Å²) < 4.78 is 5.42. The lowest BCUT2D eigenvalue weighted by Gasteiger charge is -2.31. The molecule has 8 heteroatoms. The van der Waals surface area contributed by atoms with Crippen LogP contribution in [0.3, 0.4) is 0 Å². The Morgan fingerprint density at radius 2 is 1.77 bits per heavy atom. The number of amides is 2. The van der Waals surface area contributed by atoms with E-state index < -0.39 is 0 Å². The number of rotatable bonds is 8. The topological polar surface area (TPSA) is 83.6 Å². The van der Waals surface area contributed by atoms with Gasteiger partial charge < -0.3 is 20.3 Å². The molecule has 182 valence electrons. The minimum absolute atomic E-state index is 0.136. The number of nitrogens with one attached hydrogen (secondary N) is 2. The third-order valence-corrected chi connectivity index (χ3v) is 6.25. The van der Waals surface area contributed by atoms with Crippen LogP contribution in [0.5, 0.6) is 0 Å². The maximum absolute atomic E-state index is 12.7. The average molecular weight is 493 g/mol. The van der Waals surface area contributed by atoms with Gasteiger partial charge in [-0.2, -0.15) is 0 Å². The number of piperidine rings is 1. The van der Waals surface area contributed by atoms with Gasteiger partial charge in [0.25, 0.3) is 5.91 Å². The molecule has 0 radical (unpaired) electrons. The number of likely N-dealkylation sites (tertiary alicyclic amines) is 1. The van der Waals surface area contributed by atoms with Gasteiger partial charge in [0.1, 0.15) is 12.4 Å². The predicted molar refractivity (Wildman–Crippen MR) is 136 cm³/mol. The van der Waals surface area contributed by atoms with Crippen LogP contribution in [0.1, 0.15) is 34.3 Å². The lowest BCUT2D eigenvalue weighted by atomic mass is 9.97. The van der Waals surface area contributed by atoms with Gasteiger partial charge in [0.15, 0.2) is 0 Å². The Morgan fingerprint density at radius 3 is 2.54 bits per heavy atom. The van der Waals surface area contributed by atoms with E-state index in [0.29, 0.717) is 48.5 Å². The molecule has 2 heterocycles. The van der Waals surface area contributed by atoms with Crippen molar-refractivity contribution in [2.45, 2.75) is 26.0 Å². The highest BCUT2D eigenvalue weighted by atomic mass is 35.5. The van der Waals surface area contributed by atoms with Crippen LogP contribution in [0, 0.1) is 5.92 Å². The van der Waals surface area contributed by atoms with Crippen LogP contribution in [-0.2, 0) is 17.9 Å². The molecule has 1 saturated heterocycles. The van der Waals surface area contributed by atoms with Crippen molar-refractivity contribution in [3.05, 3.63) is 94.6 Å². The van der Waals surface area contributed by atoms with E-state index in [1.165, 1.54) is 0 Å². The number of halogens is 1. The van der Waals surface area contributed by atoms with Crippen LogP contribution < -0.4 is 10.6 Å². The van der Waals surface area contributed by atoms with Crippen LogP contribution in [-0.4, -0.2) is 41.5 Å². The summed E-state index contributed by atoms with van der Waals surface area (Å²) in [6.07, 6.45) is 2.98. The molecule has 0 spiro atoms. The number of nitrogens with zero attached hydrogens (tertiary/aromatic N) is 2. The summed E-state index contributed by atoms with van der Waals surface area (Å²) in [5.74, 6) is 0.808. The Kier molecular flexibility index (Phi) is 8.57. The molecule has 35 heavy (non-hydrogen) atoms. The molecule has 0 aliphatic carbocycles. The molecule has 0 atom stereocenters. The van der Waals surface area contributed by atoms with Crippen LogP contribution in [0.4, 0.5) is 10.6 Å². The number of anilines is 1. The number of benzene rings is 2. The number of ether oxygens (including phenoxy) is 1. The summed E-state index contributed by atoms with van der Waals surface area (Å²) in [4.78, 5) is 31.1. The molecule has 0 unspecified atom stereocenters. The molecule has 2 amide bonds. The fourth-order valence-corrected chi connectivity index (χ4v) is 4.19. The molecule has 1 aromatic heterocycles. The Balaban J connectivity index is 1.18. The smallest absolute Gasteiger partial charge is 0.410 e. The van der Waals surface area contributed by atoms with Crippen LogP contribution in [0.15, 0.2) is 72.9 Å². The maximum atomic E-state index is 12.7. The van der Waals surface area contributed by atoms with Crippen LogP contribution in [0.2, 0.25) is 5.02 Å². The van der Waals surface area contributed by atoms with Crippen molar-refractivity contribution in [1.82, 2.24) is 15.2 Å². The Labute approximate surface area is 210 Å². The number of hydrogen-bond donors (Lipinski definition) is 2. The van der Waals surface area contributed by atoms with Crippen LogP contribution in [0.25, 0.3) is 0 Å². The van der Waals surface area contributed by atoms with Crippen molar-refractivity contribution >= 4 is 29.4 Å². The van der Waals surface area contributed by atoms with E-state index in [0.717, 1.165) is 24.0 Å². The number of carbonyl (C=O) groups is 2. The number of aromatic nitrogens is 1. The Hall–Kier alpha value is -3.58. The molecule has 3 aromatic rings. The summed E-state index contributed by atoms with van der Waals surface area (Å²) in [5.41, 5.74) is 2.55. The molecule has 1 aliphatic heterocycles. The highest BCUT2D eigenvalue weighted by molar-refractivity contribution is 6.30. The monoisotopic (exact) mass is 492 g/mol. The summed E-state index contributed by atoms with van der Waals surface area (Å²) >= 11 is 6.03. The molecule has 0 bridgehead atoms. The highest BCUT2D eigenvalue weighted by Gasteiger charge is 2.24. The predicted octanol–water partition coefficient (Wildman–Crippen LogP) is 5.13. The SMILES string of the molecule is O=C(NCC1CCN(C(=O)OCc2ccccc2)CC1)c1ccnc(NCc2cccc(Cl)c2)c1. The molecule has 1 aliphatic rings. The third-order valence-electron chi connectivity index (χ3n) is 6.01. The van der Waals surface area contributed by atoms with Crippen molar-refractivity contribution < 1.29 is 14.3 Å². The van der Waals surface area contributed by atoms with Gasteiger partial charge in [-0.3, -0.25) is 4.79 Å². The van der Waals surface area contributed by atoms with Gasteiger partial charge in [0.2, 0.25) is 0 Å². The average Bonchev–Trinajstić information content (AvgIpc) is 2.90. The summed E-state index contributed by atoms with van der Waals surface area (Å²) in [6, 6.07) is 20.7. The minimum Gasteiger partial charge on any atom is -0.445 e. The summed E-state index contributed by atoms with van der Waals surface area (Å²) in [7, 11) is 0. The second-order valence-corrected chi connectivity index (χ2v) is 9.03. The maximum Gasteiger partial charge on any atom is 0.410 e.